The minimum absolute atomic E-state index is 0.0165. The number of dihydropyridines is 1. The van der Waals surface area contributed by atoms with Crippen LogP contribution in [0.4, 0.5) is 5.82 Å². The van der Waals surface area contributed by atoms with Crippen LogP contribution in [0.15, 0.2) is 42.4 Å². The highest BCUT2D eigenvalue weighted by atomic mass is 16.5. The van der Waals surface area contributed by atoms with Crippen LogP contribution in [0.5, 0.6) is 0 Å². The largest absolute Gasteiger partial charge is 0.391 e. The van der Waals surface area contributed by atoms with Gasteiger partial charge >= 0.3 is 0 Å². The molecule has 0 bridgehead atoms. The van der Waals surface area contributed by atoms with Gasteiger partial charge < -0.3 is 20.5 Å². The summed E-state index contributed by atoms with van der Waals surface area (Å²) in [4.78, 5) is 20.4. The van der Waals surface area contributed by atoms with Crippen molar-refractivity contribution in [1.29, 1.82) is 0 Å². The number of aromatic nitrogens is 2. The zero-order valence-corrected chi connectivity index (χ0v) is 15.7. The molecule has 0 saturated heterocycles. The maximum absolute atomic E-state index is 11.6. The van der Waals surface area contributed by atoms with E-state index in [0.717, 1.165) is 27.6 Å². The quantitative estimate of drug-likeness (QED) is 0.724. The van der Waals surface area contributed by atoms with E-state index in [1.807, 2.05) is 32.2 Å². The van der Waals surface area contributed by atoms with Gasteiger partial charge in [0.2, 0.25) is 0 Å². The van der Waals surface area contributed by atoms with E-state index in [0.29, 0.717) is 12.2 Å². The first-order chi connectivity index (χ1) is 13.0. The zero-order chi connectivity index (χ0) is 19.4. The Hall–Kier alpha value is -2.77. The first-order valence-electron chi connectivity index (χ1n) is 8.90. The summed E-state index contributed by atoms with van der Waals surface area (Å²) in [5, 5.41) is 17.7. The van der Waals surface area contributed by atoms with Crippen LogP contribution in [-0.4, -0.2) is 46.8 Å². The van der Waals surface area contributed by atoms with Gasteiger partial charge in [0.25, 0.3) is 5.91 Å². The number of anilines is 1. The van der Waals surface area contributed by atoms with Crippen LogP contribution in [0.2, 0.25) is 0 Å². The smallest absolute Gasteiger partial charge is 0.251 e. The summed E-state index contributed by atoms with van der Waals surface area (Å²) >= 11 is 0. The van der Waals surface area contributed by atoms with E-state index < -0.39 is 6.10 Å². The molecule has 1 aliphatic rings. The number of nitrogens with one attached hydrogen (secondary N) is 2. The van der Waals surface area contributed by atoms with Crippen LogP contribution >= 0.6 is 0 Å². The Morgan fingerprint density at radius 1 is 1.33 bits per heavy atom. The molecule has 3 rings (SSSR count). The lowest BCUT2D eigenvalue weighted by Gasteiger charge is -2.25. The average molecular weight is 368 g/mol. The Morgan fingerprint density at radius 3 is 2.78 bits per heavy atom. The number of amides is 1. The van der Waals surface area contributed by atoms with E-state index >= 15 is 0 Å². The maximum Gasteiger partial charge on any atom is 0.251 e. The number of carbonyl (C=O) groups is 1. The number of hydrogen-bond acceptors (Lipinski definition) is 6. The molecule has 0 aromatic carbocycles. The number of pyridine rings is 2. The third-order valence-electron chi connectivity index (χ3n) is 4.53. The third kappa shape index (κ3) is 4.32. The second-order valence-corrected chi connectivity index (χ2v) is 6.54. The molecule has 0 aliphatic carbocycles. The molecule has 7 heteroatoms. The first-order valence-corrected chi connectivity index (χ1v) is 8.90. The van der Waals surface area contributed by atoms with Gasteiger partial charge in [0.15, 0.2) is 0 Å². The van der Waals surface area contributed by atoms with Crippen LogP contribution in [0.3, 0.4) is 0 Å². The van der Waals surface area contributed by atoms with Crippen LogP contribution < -0.4 is 10.6 Å². The van der Waals surface area contributed by atoms with E-state index in [1.165, 1.54) is 7.11 Å². The second-order valence-electron chi connectivity index (χ2n) is 6.54. The number of methoxy groups -OCH3 is 1. The van der Waals surface area contributed by atoms with Gasteiger partial charge in [0, 0.05) is 42.0 Å². The van der Waals surface area contributed by atoms with Crippen molar-refractivity contribution in [2.24, 2.45) is 0 Å². The fraction of sp³-hybridized carbons (Fsp3) is 0.350. The van der Waals surface area contributed by atoms with Gasteiger partial charge in [-0.25, -0.2) is 4.98 Å². The minimum atomic E-state index is -0.418. The van der Waals surface area contributed by atoms with E-state index in [2.05, 4.69) is 20.6 Å². The third-order valence-corrected chi connectivity index (χ3v) is 4.53. The summed E-state index contributed by atoms with van der Waals surface area (Å²) in [5.74, 6) is 0.210. The molecule has 3 N–H and O–H groups in total. The molecule has 2 aromatic heterocycles. The lowest BCUT2D eigenvalue weighted by atomic mass is 9.95. The Kier molecular flexibility index (Phi) is 5.83. The fourth-order valence-electron chi connectivity index (χ4n) is 3.02. The molecule has 3 heterocycles. The van der Waals surface area contributed by atoms with Crippen molar-refractivity contribution >= 4 is 28.1 Å². The second kappa shape index (κ2) is 8.28. The highest BCUT2D eigenvalue weighted by Crippen LogP contribution is 2.27. The van der Waals surface area contributed by atoms with Gasteiger partial charge in [-0.15, -0.1) is 0 Å². The Balaban J connectivity index is 1.82. The lowest BCUT2D eigenvalue weighted by molar-refractivity contribution is -0.119. The van der Waals surface area contributed by atoms with E-state index in [-0.39, 0.29) is 18.6 Å². The van der Waals surface area contributed by atoms with Gasteiger partial charge in [-0.05, 0) is 31.1 Å². The number of rotatable bonds is 6. The molecule has 7 nitrogen and oxygen atoms in total. The van der Waals surface area contributed by atoms with Crippen molar-refractivity contribution in [2.75, 3.05) is 19.0 Å². The number of aliphatic hydroxyl groups excluding tert-OH is 1. The Morgan fingerprint density at radius 2 is 2.07 bits per heavy atom. The summed E-state index contributed by atoms with van der Waals surface area (Å²) in [6, 6.07) is 3.66. The molecule has 0 spiro atoms. The number of nitrogens with zero attached hydrogens (tertiary/aromatic N) is 2. The van der Waals surface area contributed by atoms with E-state index in [4.69, 9.17) is 4.74 Å². The zero-order valence-electron chi connectivity index (χ0n) is 15.7. The monoisotopic (exact) mass is 368 g/mol. The van der Waals surface area contributed by atoms with Crippen LogP contribution in [0, 0.1) is 0 Å². The molecular formula is C20H24N4O3. The number of hydrogen-bond donors (Lipinski definition) is 3. The van der Waals surface area contributed by atoms with Gasteiger partial charge in [0.1, 0.15) is 12.4 Å². The summed E-state index contributed by atoms with van der Waals surface area (Å²) in [7, 11) is 1.47. The highest BCUT2D eigenvalue weighted by molar-refractivity contribution is 5.94. The predicted molar refractivity (Wildman–Crippen MR) is 105 cm³/mol. The first kappa shape index (κ1) is 19.0. The lowest BCUT2D eigenvalue weighted by Crippen LogP contribution is -2.37. The maximum atomic E-state index is 11.6. The predicted octanol–water partition coefficient (Wildman–Crippen LogP) is 2.24. The molecule has 0 fully saturated rings. The molecule has 1 amide bonds. The standard InChI is InChI=1S/C20H24N4O3/c1-4-18(25)17-5-12(2)15(10-22-17)16-6-13-9-23-19(7-14(13)8-21-16)24-20(26)11-27-3/h5-10,17-18,22,25H,4,11H2,1-3H3,(H,23,24,26). The molecular weight excluding hydrogens is 344 g/mol. The van der Waals surface area contributed by atoms with Crippen LogP contribution in [0.1, 0.15) is 26.0 Å². The average Bonchev–Trinajstić information content (AvgIpc) is 2.67. The molecule has 142 valence electrons. The van der Waals surface area contributed by atoms with Gasteiger partial charge in [0.05, 0.1) is 17.8 Å². The minimum Gasteiger partial charge on any atom is -0.391 e. The van der Waals surface area contributed by atoms with Crippen molar-refractivity contribution in [3.05, 3.63) is 48.1 Å². The Bertz CT molecular complexity index is 907. The van der Waals surface area contributed by atoms with Crippen LogP contribution in [-0.2, 0) is 9.53 Å². The summed E-state index contributed by atoms with van der Waals surface area (Å²) in [6.45, 7) is 3.95. The van der Waals surface area contributed by atoms with Crippen molar-refractivity contribution in [1.82, 2.24) is 15.3 Å². The number of ether oxygens (including phenoxy) is 1. The van der Waals surface area contributed by atoms with Crippen molar-refractivity contribution < 1.29 is 14.6 Å². The summed E-state index contributed by atoms with van der Waals surface area (Å²) < 4.78 is 4.80. The molecule has 0 radical (unpaired) electrons. The van der Waals surface area contributed by atoms with Crippen molar-refractivity contribution in [3.8, 4) is 0 Å². The molecule has 2 atom stereocenters. The number of fused-ring (bicyclic) bond motifs is 1. The number of allylic oxidation sites excluding steroid dienone is 2. The number of carbonyl (C=O) groups excluding carboxylic acids is 1. The van der Waals surface area contributed by atoms with Gasteiger partial charge in [-0.1, -0.05) is 13.0 Å². The number of aliphatic hydroxyl groups is 1. The van der Waals surface area contributed by atoms with Crippen molar-refractivity contribution in [2.45, 2.75) is 32.4 Å². The SMILES string of the molecule is CCC(O)C1C=C(C)C(c2cc3cnc(NC(=O)COC)cc3cn2)=CN1. The molecule has 27 heavy (non-hydrogen) atoms. The van der Waals surface area contributed by atoms with Crippen LogP contribution in [0.25, 0.3) is 16.3 Å². The molecule has 1 aliphatic heterocycles. The molecule has 2 aromatic rings. The Labute approximate surface area is 158 Å². The topological polar surface area (TPSA) is 96.4 Å². The van der Waals surface area contributed by atoms with Crippen molar-refractivity contribution in [3.63, 3.8) is 0 Å². The van der Waals surface area contributed by atoms with Gasteiger partial charge in [-0.2, -0.15) is 0 Å². The van der Waals surface area contributed by atoms with E-state index in [9.17, 15) is 9.90 Å². The van der Waals surface area contributed by atoms with Gasteiger partial charge in [-0.3, -0.25) is 9.78 Å². The fourth-order valence-corrected chi connectivity index (χ4v) is 3.02. The highest BCUT2D eigenvalue weighted by Gasteiger charge is 2.20. The molecule has 0 saturated carbocycles. The summed E-state index contributed by atoms with van der Waals surface area (Å²) in [6.07, 6.45) is 7.68. The normalized spacial score (nSPS) is 17.7. The van der Waals surface area contributed by atoms with E-state index in [1.54, 1.807) is 18.5 Å². The molecule has 2 unspecified atom stereocenters. The summed E-state index contributed by atoms with van der Waals surface area (Å²) in [5.41, 5.74) is 2.87.